The first-order valence-corrected chi connectivity index (χ1v) is 7.33. The van der Waals surface area contributed by atoms with Gasteiger partial charge in [0.05, 0.1) is 5.02 Å². The molecule has 2 N–H and O–H groups in total. The Kier molecular flexibility index (Phi) is 5.07. The molecule has 0 aromatic heterocycles. The second-order valence-corrected chi connectivity index (χ2v) is 5.92. The van der Waals surface area contributed by atoms with Gasteiger partial charge in [-0.25, -0.2) is 0 Å². The van der Waals surface area contributed by atoms with Crippen LogP contribution < -0.4 is 10.5 Å². The highest BCUT2D eigenvalue weighted by Gasteiger charge is 2.25. The van der Waals surface area contributed by atoms with Crippen molar-refractivity contribution < 1.29 is 9.53 Å². The van der Waals surface area contributed by atoms with Crippen LogP contribution in [0, 0.1) is 5.92 Å². The van der Waals surface area contributed by atoms with Crippen LogP contribution in [0.4, 0.5) is 0 Å². The molecule has 2 rings (SSSR count). The Labute approximate surface area is 126 Å². The summed E-state index contributed by atoms with van der Waals surface area (Å²) in [5.41, 5.74) is 5.60. The van der Waals surface area contributed by atoms with Crippen LogP contribution in [0.1, 0.15) is 6.42 Å². The van der Waals surface area contributed by atoms with E-state index in [1.165, 1.54) is 0 Å². The maximum atomic E-state index is 12.0. The molecule has 1 heterocycles. The van der Waals surface area contributed by atoms with E-state index in [9.17, 15) is 4.79 Å². The van der Waals surface area contributed by atoms with E-state index < -0.39 is 0 Å². The van der Waals surface area contributed by atoms with Crippen LogP contribution in [-0.2, 0) is 4.79 Å². The summed E-state index contributed by atoms with van der Waals surface area (Å²) < 4.78 is 6.34. The van der Waals surface area contributed by atoms with Crippen molar-refractivity contribution in [2.45, 2.75) is 6.42 Å². The molecule has 1 fully saturated rings. The van der Waals surface area contributed by atoms with Gasteiger partial charge in [-0.15, -0.1) is 0 Å². The molecule has 19 heavy (non-hydrogen) atoms. The number of nitrogens with zero attached hydrogens (tertiary/aromatic N) is 1. The maximum Gasteiger partial charge on any atom is 0.260 e. The van der Waals surface area contributed by atoms with Gasteiger partial charge in [0.2, 0.25) is 0 Å². The number of amides is 1. The predicted molar refractivity (Wildman–Crippen MR) is 78.4 cm³/mol. The fourth-order valence-electron chi connectivity index (χ4n) is 2.07. The van der Waals surface area contributed by atoms with Crippen molar-refractivity contribution in [1.29, 1.82) is 0 Å². The Morgan fingerprint density at radius 2 is 2.37 bits per heavy atom. The van der Waals surface area contributed by atoms with E-state index in [4.69, 9.17) is 22.1 Å². The van der Waals surface area contributed by atoms with Crippen molar-refractivity contribution in [3.05, 3.63) is 27.7 Å². The average Bonchev–Trinajstić information content (AvgIpc) is 2.86. The summed E-state index contributed by atoms with van der Waals surface area (Å²) in [6, 6.07) is 5.31. The predicted octanol–water partition coefficient (Wildman–Crippen LogP) is 2.29. The number of ether oxygens (including phenoxy) is 1. The Balaban J connectivity index is 1.87. The summed E-state index contributed by atoms with van der Waals surface area (Å²) in [6.45, 7) is 2.13. The van der Waals surface area contributed by atoms with Crippen molar-refractivity contribution >= 4 is 33.4 Å². The summed E-state index contributed by atoms with van der Waals surface area (Å²) in [5.74, 6) is 0.919. The lowest BCUT2D eigenvalue weighted by atomic mass is 10.1. The Morgan fingerprint density at radius 1 is 1.58 bits per heavy atom. The fourth-order valence-corrected chi connectivity index (χ4v) is 2.80. The Hall–Kier alpha value is -0.780. The minimum absolute atomic E-state index is 0.0125. The minimum atomic E-state index is -0.0186. The van der Waals surface area contributed by atoms with E-state index >= 15 is 0 Å². The molecule has 0 unspecified atom stereocenters. The van der Waals surface area contributed by atoms with Gasteiger partial charge >= 0.3 is 0 Å². The first-order chi connectivity index (χ1) is 9.10. The van der Waals surface area contributed by atoms with Crippen molar-refractivity contribution in [2.24, 2.45) is 11.7 Å². The van der Waals surface area contributed by atoms with E-state index in [2.05, 4.69) is 15.9 Å². The highest BCUT2D eigenvalue weighted by molar-refractivity contribution is 9.10. The largest absolute Gasteiger partial charge is 0.482 e. The van der Waals surface area contributed by atoms with Crippen LogP contribution in [0.3, 0.4) is 0 Å². The number of benzene rings is 1. The zero-order valence-electron chi connectivity index (χ0n) is 10.4. The maximum absolute atomic E-state index is 12.0. The van der Waals surface area contributed by atoms with Gasteiger partial charge in [-0.05, 0) is 37.1 Å². The highest BCUT2D eigenvalue weighted by atomic mass is 79.9. The van der Waals surface area contributed by atoms with Gasteiger partial charge in [0, 0.05) is 17.6 Å². The zero-order chi connectivity index (χ0) is 13.8. The quantitative estimate of drug-likeness (QED) is 0.909. The smallest absolute Gasteiger partial charge is 0.260 e. The molecule has 0 saturated carbocycles. The van der Waals surface area contributed by atoms with Gasteiger partial charge in [0.25, 0.3) is 5.91 Å². The number of halogens is 2. The van der Waals surface area contributed by atoms with Crippen LogP contribution in [0.25, 0.3) is 0 Å². The molecule has 6 heteroatoms. The van der Waals surface area contributed by atoms with Crippen molar-refractivity contribution in [1.82, 2.24) is 4.90 Å². The number of nitrogens with two attached hydrogens (primary N) is 1. The fraction of sp³-hybridized carbons (Fsp3) is 0.462. The first-order valence-electron chi connectivity index (χ1n) is 6.16. The van der Waals surface area contributed by atoms with Gasteiger partial charge in [0.1, 0.15) is 5.75 Å². The zero-order valence-corrected chi connectivity index (χ0v) is 12.8. The molecule has 1 atom stereocenters. The number of carbonyl (C=O) groups is 1. The molecular formula is C13H16BrClN2O2. The normalized spacial score (nSPS) is 18.7. The van der Waals surface area contributed by atoms with E-state index in [-0.39, 0.29) is 12.5 Å². The number of hydrogen-bond acceptors (Lipinski definition) is 3. The van der Waals surface area contributed by atoms with E-state index in [0.29, 0.717) is 23.2 Å². The first kappa shape index (κ1) is 14.6. The summed E-state index contributed by atoms with van der Waals surface area (Å²) in [4.78, 5) is 13.8. The summed E-state index contributed by atoms with van der Waals surface area (Å²) >= 11 is 9.34. The van der Waals surface area contributed by atoms with Crippen LogP contribution in [-0.4, -0.2) is 37.0 Å². The molecule has 0 spiro atoms. The third-order valence-corrected chi connectivity index (χ3v) is 4.01. The Bertz CT molecular complexity index is 470. The molecule has 1 aliphatic heterocycles. The number of likely N-dealkylation sites (tertiary alicyclic amines) is 1. The Morgan fingerprint density at radius 3 is 3.00 bits per heavy atom. The number of carbonyl (C=O) groups excluding carboxylic acids is 1. The third kappa shape index (κ3) is 3.84. The van der Waals surface area contributed by atoms with Crippen molar-refractivity contribution in [3.63, 3.8) is 0 Å². The topological polar surface area (TPSA) is 55.6 Å². The van der Waals surface area contributed by atoms with E-state index in [1.807, 2.05) is 6.07 Å². The molecule has 0 bridgehead atoms. The van der Waals surface area contributed by atoms with E-state index in [0.717, 1.165) is 24.0 Å². The minimum Gasteiger partial charge on any atom is -0.482 e. The van der Waals surface area contributed by atoms with E-state index in [1.54, 1.807) is 17.0 Å². The van der Waals surface area contributed by atoms with Gasteiger partial charge in [-0.2, -0.15) is 0 Å². The lowest BCUT2D eigenvalue weighted by Crippen LogP contribution is -2.33. The SMILES string of the molecule is NC[C@H]1CCN(C(=O)COc2ccc(Br)cc2Cl)C1. The standard InChI is InChI=1S/C13H16BrClN2O2/c14-10-1-2-12(11(15)5-10)19-8-13(18)17-4-3-9(6-16)7-17/h1-2,5,9H,3-4,6-8,16H2/t9-/m1/s1. The molecule has 104 valence electrons. The molecule has 0 radical (unpaired) electrons. The molecule has 1 saturated heterocycles. The summed E-state index contributed by atoms with van der Waals surface area (Å²) in [7, 11) is 0. The van der Waals surface area contributed by atoms with Crippen molar-refractivity contribution in [2.75, 3.05) is 26.2 Å². The summed E-state index contributed by atoms with van der Waals surface area (Å²) in [6.07, 6.45) is 0.973. The average molecular weight is 348 g/mol. The molecule has 1 aromatic rings. The molecule has 1 aliphatic rings. The second-order valence-electron chi connectivity index (χ2n) is 4.59. The molecule has 1 amide bonds. The monoisotopic (exact) mass is 346 g/mol. The number of rotatable bonds is 4. The molecular weight excluding hydrogens is 332 g/mol. The summed E-state index contributed by atoms with van der Waals surface area (Å²) in [5, 5.41) is 0.489. The molecule has 4 nitrogen and oxygen atoms in total. The van der Waals surface area contributed by atoms with Gasteiger partial charge < -0.3 is 15.4 Å². The second kappa shape index (κ2) is 6.59. The van der Waals surface area contributed by atoms with Crippen molar-refractivity contribution in [3.8, 4) is 5.75 Å². The lowest BCUT2D eigenvalue weighted by molar-refractivity contribution is -0.132. The third-order valence-electron chi connectivity index (χ3n) is 3.22. The van der Waals surface area contributed by atoms with Crippen LogP contribution in [0.2, 0.25) is 5.02 Å². The van der Waals surface area contributed by atoms with Gasteiger partial charge in [-0.1, -0.05) is 27.5 Å². The van der Waals surface area contributed by atoms with Crippen LogP contribution in [0.5, 0.6) is 5.75 Å². The molecule has 0 aliphatic carbocycles. The van der Waals surface area contributed by atoms with Gasteiger partial charge in [0.15, 0.2) is 6.61 Å². The van der Waals surface area contributed by atoms with Gasteiger partial charge in [-0.3, -0.25) is 4.79 Å². The molecule has 1 aromatic carbocycles. The lowest BCUT2D eigenvalue weighted by Gasteiger charge is -2.17. The number of hydrogen-bond donors (Lipinski definition) is 1. The van der Waals surface area contributed by atoms with Crippen LogP contribution >= 0.6 is 27.5 Å². The highest BCUT2D eigenvalue weighted by Crippen LogP contribution is 2.27. The van der Waals surface area contributed by atoms with Crippen LogP contribution in [0.15, 0.2) is 22.7 Å².